The van der Waals surface area contributed by atoms with Crippen LogP contribution < -0.4 is 0 Å². The van der Waals surface area contributed by atoms with Crippen LogP contribution in [-0.2, 0) is 0 Å². The molecule has 1 aromatic heterocycles. The maximum atomic E-state index is 12.5. The Morgan fingerprint density at radius 2 is 1.50 bits per heavy atom. The van der Waals surface area contributed by atoms with Crippen LogP contribution in [0.25, 0.3) is 0 Å². The third-order valence-electron chi connectivity index (χ3n) is 3.67. The van der Waals surface area contributed by atoms with Gasteiger partial charge < -0.3 is 0 Å². The summed E-state index contributed by atoms with van der Waals surface area (Å²) in [7, 11) is 0. The Hall–Kier alpha value is -2.69. The molecule has 0 saturated carbocycles. The SMILES string of the molecule is Cc1ccc(N=C2CC(=O)c3nc(C)c(C)nc3C2=O)cc1. The van der Waals surface area contributed by atoms with E-state index in [0.717, 1.165) is 5.56 Å². The monoisotopic (exact) mass is 293 g/mol. The lowest BCUT2D eigenvalue weighted by Crippen LogP contribution is -2.30. The van der Waals surface area contributed by atoms with Gasteiger partial charge in [0.1, 0.15) is 11.4 Å². The number of Topliss-reactive ketones (excluding diaryl/α,β-unsaturated/α-hetero) is 2. The molecule has 0 fully saturated rings. The number of carbonyl (C=O) groups excluding carboxylic acids is 2. The molecule has 3 rings (SSSR count). The first kappa shape index (κ1) is 14.3. The molecule has 1 heterocycles. The Kier molecular flexibility index (Phi) is 3.41. The number of aromatic nitrogens is 2. The Bertz CT molecular complexity index is 821. The predicted molar refractivity (Wildman–Crippen MR) is 83.1 cm³/mol. The van der Waals surface area contributed by atoms with Crippen molar-refractivity contribution in [2.75, 3.05) is 0 Å². The van der Waals surface area contributed by atoms with E-state index < -0.39 is 0 Å². The van der Waals surface area contributed by atoms with E-state index in [0.29, 0.717) is 17.1 Å². The van der Waals surface area contributed by atoms with Gasteiger partial charge in [-0.2, -0.15) is 0 Å². The van der Waals surface area contributed by atoms with Gasteiger partial charge in [-0.1, -0.05) is 17.7 Å². The normalized spacial score (nSPS) is 16.0. The van der Waals surface area contributed by atoms with Crippen molar-refractivity contribution >= 4 is 23.0 Å². The van der Waals surface area contributed by atoms with E-state index in [-0.39, 0.29) is 35.1 Å². The van der Waals surface area contributed by atoms with E-state index in [4.69, 9.17) is 0 Å². The molecule has 0 radical (unpaired) electrons. The Morgan fingerprint density at radius 3 is 2.14 bits per heavy atom. The number of nitrogens with zero attached hydrogens (tertiary/aromatic N) is 3. The van der Waals surface area contributed by atoms with E-state index in [9.17, 15) is 9.59 Å². The zero-order chi connectivity index (χ0) is 15.9. The van der Waals surface area contributed by atoms with Gasteiger partial charge in [0.05, 0.1) is 29.2 Å². The molecule has 5 nitrogen and oxygen atoms in total. The summed E-state index contributed by atoms with van der Waals surface area (Å²) in [6, 6.07) is 7.47. The molecule has 0 saturated heterocycles. The van der Waals surface area contributed by atoms with Crippen molar-refractivity contribution in [1.29, 1.82) is 0 Å². The highest BCUT2D eigenvalue weighted by Crippen LogP contribution is 2.21. The fourth-order valence-corrected chi connectivity index (χ4v) is 2.27. The highest BCUT2D eigenvalue weighted by atomic mass is 16.1. The minimum Gasteiger partial charge on any atom is -0.292 e. The summed E-state index contributed by atoms with van der Waals surface area (Å²) in [5, 5.41) is 0. The Morgan fingerprint density at radius 1 is 0.909 bits per heavy atom. The summed E-state index contributed by atoms with van der Waals surface area (Å²) < 4.78 is 0. The summed E-state index contributed by atoms with van der Waals surface area (Å²) >= 11 is 0. The Labute approximate surface area is 128 Å². The average molecular weight is 293 g/mol. The van der Waals surface area contributed by atoms with Crippen LogP contribution >= 0.6 is 0 Å². The second-order valence-corrected chi connectivity index (χ2v) is 5.41. The number of ketones is 2. The molecule has 0 spiro atoms. The zero-order valence-corrected chi connectivity index (χ0v) is 12.7. The topological polar surface area (TPSA) is 72.3 Å². The van der Waals surface area contributed by atoms with E-state index in [2.05, 4.69) is 15.0 Å². The van der Waals surface area contributed by atoms with Gasteiger partial charge in [-0.15, -0.1) is 0 Å². The number of fused-ring (bicyclic) bond motifs is 1. The predicted octanol–water partition coefficient (Wildman–Crippen LogP) is 2.94. The zero-order valence-electron chi connectivity index (χ0n) is 12.7. The van der Waals surface area contributed by atoms with Crippen molar-refractivity contribution in [3.8, 4) is 0 Å². The van der Waals surface area contributed by atoms with E-state index in [1.807, 2.05) is 31.2 Å². The first-order valence-corrected chi connectivity index (χ1v) is 7.03. The molecular weight excluding hydrogens is 278 g/mol. The van der Waals surface area contributed by atoms with Crippen LogP contribution in [0, 0.1) is 20.8 Å². The van der Waals surface area contributed by atoms with Crippen molar-refractivity contribution in [1.82, 2.24) is 9.97 Å². The molecule has 5 heteroatoms. The van der Waals surface area contributed by atoms with Gasteiger partial charge in [0.15, 0.2) is 5.78 Å². The minimum absolute atomic E-state index is 0.0309. The number of carbonyl (C=O) groups is 2. The van der Waals surface area contributed by atoms with Gasteiger partial charge in [-0.25, -0.2) is 15.0 Å². The molecule has 0 aliphatic heterocycles. The highest BCUT2D eigenvalue weighted by Gasteiger charge is 2.32. The van der Waals surface area contributed by atoms with Crippen molar-refractivity contribution < 1.29 is 9.59 Å². The molecule has 1 aliphatic rings. The minimum atomic E-state index is -0.314. The number of aliphatic imine (C=N–C) groups is 1. The second kappa shape index (κ2) is 5.26. The first-order chi connectivity index (χ1) is 10.5. The Balaban J connectivity index is 2.06. The van der Waals surface area contributed by atoms with Crippen LogP contribution in [0.2, 0.25) is 0 Å². The van der Waals surface area contributed by atoms with Crippen molar-refractivity contribution in [2.45, 2.75) is 27.2 Å². The van der Waals surface area contributed by atoms with E-state index in [1.54, 1.807) is 13.8 Å². The molecular formula is C17H15N3O2. The molecule has 2 aromatic rings. The highest BCUT2D eigenvalue weighted by molar-refractivity contribution is 6.52. The lowest BCUT2D eigenvalue weighted by Gasteiger charge is -2.15. The van der Waals surface area contributed by atoms with E-state index in [1.165, 1.54) is 0 Å². The molecule has 0 amide bonds. The maximum Gasteiger partial charge on any atom is 0.228 e. The van der Waals surface area contributed by atoms with Gasteiger partial charge in [0, 0.05) is 0 Å². The number of benzene rings is 1. The molecule has 0 unspecified atom stereocenters. The molecule has 110 valence electrons. The maximum absolute atomic E-state index is 12.5. The van der Waals surface area contributed by atoms with Crippen LogP contribution in [0.4, 0.5) is 5.69 Å². The van der Waals surface area contributed by atoms with Gasteiger partial charge in [-0.3, -0.25) is 9.59 Å². The summed E-state index contributed by atoms with van der Waals surface area (Å²) in [4.78, 5) is 37.5. The fraction of sp³-hybridized carbons (Fsp3) is 0.235. The third kappa shape index (κ3) is 2.45. The number of hydrogen-bond donors (Lipinski definition) is 0. The van der Waals surface area contributed by atoms with E-state index >= 15 is 0 Å². The summed E-state index contributed by atoms with van der Waals surface area (Å²) in [5.74, 6) is -0.526. The second-order valence-electron chi connectivity index (χ2n) is 5.41. The average Bonchev–Trinajstić information content (AvgIpc) is 2.49. The van der Waals surface area contributed by atoms with Crippen LogP contribution in [0.1, 0.15) is 44.3 Å². The standard InChI is InChI=1S/C17H15N3O2/c1-9-4-6-12(7-5-9)20-13-8-14(21)15-16(17(13)22)19-11(3)10(2)18-15/h4-7H,8H2,1-3H3. The van der Waals surface area contributed by atoms with Crippen molar-refractivity contribution in [3.05, 3.63) is 52.6 Å². The lowest BCUT2D eigenvalue weighted by atomic mass is 9.95. The number of rotatable bonds is 1. The summed E-state index contributed by atoms with van der Waals surface area (Å²) in [6.45, 7) is 5.52. The number of aryl methyl sites for hydroxylation is 3. The summed E-state index contributed by atoms with van der Waals surface area (Å²) in [6.07, 6.45) is -0.0309. The van der Waals surface area contributed by atoms with Gasteiger partial charge in [-0.05, 0) is 32.9 Å². The van der Waals surface area contributed by atoms with Crippen LogP contribution in [-0.4, -0.2) is 27.2 Å². The first-order valence-electron chi connectivity index (χ1n) is 7.03. The molecule has 0 atom stereocenters. The van der Waals surface area contributed by atoms with Gasteiger partial charge in [0.25, 0.3) is 0 Å². The smallest absolute Gasteiger partial charge is 0.228 e. The summed E-state index contributed by atoms with van der Waals surface area (Å²) in [5.41, 5.74) is 3.58. The third-order valence-corrected chi connectivity index (χ3v) is 3.67. The van der Waals surface area contributed by atoms with Crippen LogP contribution in [0.5, 0.6) is 0 Å². The molecule has 0 N–H and O–H groups in total. The van der Waals surface area contributed by atoms with Gasteiger partial charge in [0.2, 0.25) is 5.78 Å². The quantitative estimate of drug-likeness (QED) is 0.810. The molecule has 22 heavy (non-hydrogen) atoms. The molecule has 0 bridgehead atoms. The molecule has 1 aromatic carbocycles. The lowest BCUT2D eigenvalue weighted by molar-refractivity contribution is 0.0957. The van der Waals surface area contributed by atoms with Crippen LogP contribution in [0.3, 0.4) is 0 Å². The van der Waals surface area contributed by atoms with Gasteiger partial charge >= 0.3 is 0 Å². The van der Waals surface area contributed by atoms with Crippen molar-refractivity contribution in [2.24, 2.45) is 4.99 Å². The number of hydrogen-bond acceptors (Lipinski definition) is 5. The van der Waals surface area contributed by atoms with Crippen LogP contribution in [0.15, 0.2) is 29.3 Å². The fourth-order valence-electron chi connectivity index (χ4n) is 2.27. The van der Waals surface area contributed by atoms with Crippen molar-refractivity contribution in [3.63, 3.8) is 0 Å². The molecule has 1 aliphatic carbocycles. The largest absolute Gasteiger partial charge is 0.292 e.